The summed E-state index contributed by atoms with van der Waals surface area (Å²) >= 11 is 0. The highest BCUT2D eigenvalue weighted by Crippen LogP contribution is 2.36. The van der Waals surface area contributed by atoms with Crippen LogP contribution in [0, 0.1) is 6.92 Å². The van der Waals surface area contributed by atoms with Crippen molar-refractivity contribution in [2.24, 2.45) is 0 Å². The molecule has 1 aromatic heterocycles. The third kappa shape index (κ3) is 4.52. The fourth-order valence-corrected chi connectivity index (χ4v) is 3.33. The second kappa shape index (κ2) is 7.41. The van der Waals surface area contributed by atoms with Gasteiger partial charge in [0.05, 0.1) is 13.0 Å². The van der Waals surface area contributed by atoms with Crippen molar-refractivity contribution in [2.45, 2.75) is 63.8 Å². The van der Waals surface area contributed by atoms with Gasteiger partial charge in [-0.05, 0) is 31.4 Å². The predicted molar refractivity (Wildman–Crippen MR) is 86.9 cm³/mol. The first kappa shape index (κ1) is 16.4. The molecule has 1 saturated carbocycles. The lowest BCUT2D eigenvalue weighted by Gasteiger charge is -2.26. The van der Waals surface area contributed by atoms with Gasteiger partial charge >= 0.3 is 0 Å². The molecule has 1 aliphatic carbocycles. The molecule has 3 rings (SSSR count). The van der Waals surface area contributed by atoms with E-state index in [1.807, 2.05) is 19.1 Å². The highest BCUT2D eigenvalue weighted by atomic mass is 16.7. The lowest BCUT2D eigenvalue weighted by Crippen LogP contribution is -2.36. The number of nitrogens with zero attached hydrogens (tertiary/aromatic N) is 1. The van der Waals surface area contributed by atoms with Crippen molar-refractivity contribution < 1.29 is 14.3 Å². The van der Waals surface area contributed by atoms with E-state index in [9.17, 15) is 4.79 Å². The van der Waals surface area contributed by atoms with Crippen LogP contribution in [-0.4, -0.2) is 35.9 Å². The van der Waals surface area contributed by atoms with Crippen molar-refractivity contribution in [1.82, 2.24) is 10.3 Å². The average Bonchev–Trinajstić information content (AvgIpc) is 2.79. The van der Waals surface area contributed by atoms with E-state index >= 15 is 0 Å². The maximum absolute atomic E-state index is 12.0. The molecule has 1 aliphatic heterocycles. The summed E-state index contributed by atoms with van der Waals surface area (Å²) < 4.78 is 12.1. The number of pyridine rings is 1. The van der Waals surface area contributed by atoms with E-state index < -0.39 is 0 Å². The average molecular weight is 318 g/mol. The molecule has 1 amide bonds. The number of hydrogen-bond donors (Lipinski definition) is 1. The van der Waals surface area contributed by atoms with Crippen molar-refractivity contribution in [3.63, 3.8) is 0 Å². The number of nitrogens with one attached hydrogen (secondary N) is 1. The van der Waals surface area contributed by atoms with Gasteiger partial charge in [0.25, 0.3) is 0 Å². The highest BCUT2D eigenvalue weighted by molar-refractivity contribution is 5.78. The van der Waals surface area contributed by atoms with Gasteiger partial charge in [-0.2, -0.15) is 0 Å². The van der Waals surface area contributed by atoms with Gasteiger partial charge in [-0.15, -0.1) is 0 Å². The highest BCUT2D eigenvalue weighted by Gasteiger charge is 2.41. The van der Waals surface area contributed by atoms with Gasteiger partial charge in [0, 0.05) is 31.3 Å². The largest absolute Gasteiger partial charge is 0.353 e. The van der Waals surface area contributed by atoms with Gasteiger partial charge in [0.1, 0.15) is 6.10 Å². The maximum Gasteiger partial charge on any atom is 0.224 e. The third-order valence-corrected chi connectivity index (χ3v) is 4.64. The van der Waals surface area contributed by atoms with E-state index in [-0.39, 0.29) is 17.8 Å². The number of aryl methyl sites for hydroxylation is 1. The molecule has 1 unspecified atom stereocenters. The molecule has 1 aromatic rings. The predicted octanol–water partition coefficient (Wildman–Crippen LogP) is 2.51. The Morgan fingerprint density at radius 3 is 2.78 bits per heavy atom. The molecule has 0 bridgehead atoms. The van der Waals surface area contributed by atoms with Gasteiger partial charge in [0.2, 0.25) is 5.91 Å². The lowest BCUT2D eigenvalue weighted by molar-refractivity contribution is -0.175. The van der Waals surface area contributed by atoms with Crippen molar-refractivity contribution >= 4 is 5.91 Å². The summed E-state index contributed by atoms with van der Waals surface area (Å²) in [7, 11) is 0. The van der Waals surface area contributed by atoms with E-state index in [0.29, 0.717) is 19.6 Å². The van der Waals surface area contributed by atoms with Crippen LogP contribution < -0.4 is 5.32 Å². The van der Waals surface area contributed by atoms with Crippen LogP contribution in [0.25, 0.3) is 0 Å². The summed E-state index contributed by atoms with van der Waals surface area (Å²) in [6.45, 7) is 3.02. The Kier molecular flexibility index (Phi) is 5.28. The Hall–Kier alpha value is -1.46. The molecule has 126 valence electrons. The molecule has 5 nitrogen and oxygen atoms in total. The molecule has 0 radical (unpaired) electrons. The Balaban J connectivity index is 1.43. The quantitative estimate of drug-likeness (QED) is 0.926. The molecular formula is C18H26N2O3. The fourth-order valence-electron chi connectivity index (χ4n) is 3.33. The lowest BCUT2D eigenvalue weighted by atomic mass is 10.1. The van der Waals surface area contributed by atoms with Gasteiger partial charge in [0.15, 0.2) is 5.79 Å². The van der Waals surface area contributed by atoms with E-state index in [2.05, 4.69) is 10.3 Å². The van der Waals surface area contributed by atoms with Crippen LogP contribution in [0.3, 0.4) is 0 Å². The number of amides is 1. The summed E-state index contributed by atoms with van der Waals surface area (Å²) in [6.07, 6.45) is 8.89. The Morgan fingerprint density at radius 2 is 2.09 bits per heavy atom. The number of hydrogen-bond acceptors (Lipinski definition) is 4. The smallest absolute Gasteiger partial charge is 0.224 e. The zero-order valence-electron chi connectivity index (χ0n) is 13.8. The Morgan fingerprint density at radius 1 is 1.30 bits per heavy atom. The van der Waals surface area contributed by atoms with E-state index in [0.717, 1.165) is 24.1 Å². The van der Waals surface area contributed by atoms with Gasteiger partial charge in [-0.25, -0.2) is 0 Å². The first-order valence-corrected chi connectivity index (χ1v) is 8.65. The van der Waals surface area contributed by atoms with Crippen molar-refractivity contribution in [3.8, 4) is 0 Å². The van der Waals surface area contributed by atoms with Gasteiger partial charge in [-0.3, -0.25) is 9.78 Å². The SMILES string of the molecule is Cc1ccc(CC(=O)NCC2COC3(CCCCCC3)O2)cn1. The van der Waals surface area contributed by atoms with Gasteiger partial charge < -0.3 is 14.8 Å². The van der Waals surface area contributed by atoms with E-state index in [1.165, 1.54) is 25.7 Å². The van der Waals surface area contributed by atoms with Crippen molar-refractivity contribution in [2.75, 3.05) is 13.2 Å². The van der Waals surface area contributed by atoms with Crippen LogP contribution in [0.1, 0.15) is 49.8 Å². The van der Waals surface area contributed by atoms with Crippen LogP contribution in [0.2, 0.25) is 0 Å². The van der Waals surface area contributed by atoms with E-state index in [1.54, 1.807) is 6.20 Å². The summed E-state index contributed by atoms with van der Waals surface area (Å²) in [5.74, 6) is -0.381. The maximum atomic E-state index is 12.0. The number of carbonyl (C=O) groups is 1. The second-order valence-corrected chi connectivity index (χ2v) is 6.66. The van der Waals surface area contributed by atoms with E-state index in [4.69, 9.17) is 9.47 Å². The molecule has 0 aromatic carbocycles. The Bertz CT molecular complexity index is 522. The number of rotatable bonds is 4. The van der Waals surface area contributed by atoms with Crippen LogP contribution >= 0.6 is 0 Å². The molecule has 1 atom stereocenters. The number of carbonyl (C=O) groups excluding carboxylic acids is 1. The third-order valence-electron chi connectivity index (χ3n) is 4.64. The molecule has 5 heteroatoms. The monoisotopic (exact) mass is 318 g/mol. The van der Waals surface area contributed by atoms with Crippen LogP contribution in [-0.2, 0) is 20.7 Å². The topological polar surface area (TPSA) is 60.5 Å². The second-order valence-electron chi connectivity index (χ2n) is 6.66. The van der Waals surface area contributed by atoms with Crippen LogP contribution in [0.15, 0.2) is 18.3 Å². The zero-order chi connectivity index (χ0) is 16.1. The number of ether oxygens (including phenoxy) is 2. The first-order valence-electron chi connectivity index (χ1n) is 8.65. The summed E-state index contributed by atoms with van der Waals surface area (Å²) in [4.78, 5) is 16.3. The standard InChI is InChI=1S/C18H26N2O3/c1-14-6-7-15(11-19-14)10-17(21)20-12-16-13-22-18(23-16)8-4-2-3-5-9-18/h6-7,11,16H,2-5,8-10,12-13H2,1H3,(H,20,21). The summed E-state index contributed by atoms with van der Waals surface area (Å²) in [6, 6.07) is 3.87. The zero-order valence-corrected chi connectivity index (χ0v) is 13.8. The summed E-state index contributed by atoms with van der Waals surface area (Å²) in [5.41, 5.74) is 1.89. The number of aromatic nitrogens is 1. The molecule has 1 saturated heterocycles. The normalized spacial score (nSPS) is 23.6. The molecule has 23 heavy (non-hydrogen) atoms. The fraction of sp³-hybridized carbons (Fsp3) is 0.667. The minimum Gasteiger partial charge on any atom is -0.353 e. The van der Waals surface area contributed by atoms with Crippen molar-refractivity contribution in [1.29, 1.82) is 0 Å². The molecule has 1 N–H and O–H groups in total. The minimum atomic E-state index is -0.382. The van der Waals surface area contributed by atoms with Crippen LogP contribution in [0.4, 0.5) is 0 Å². The molecule has 2 aliphatic rings. The molecule has 1 spiro atoms. The van der Waals surface area contributed by atoms with Crippen molar-refractivity contribution in [3.05, 3.63) is 29.6 Å². The molecule has 2 heterocycles. The minimum absolute atomic E-state index is 0.000990. The molecular weight excluding hydrogens is 292 g/mol. The molecule has 2 fully saturated rings. The Labute approximate surface area is 137 Å². The van der Waals surface area contributed by atoms with Crippen LogP contribution in [0.5, 0.6) is 0 Å². The van der Waals surface area contributed by atoms with Gasteiger partial charge in [-0.1, -0.05) is 18.9 Å². The first-order chi connectivity index (χ1) is 11.2. The summed E-state index contributed by atoms with van der Waals surface area (Å²) in [5, 5.41) is 2.95.